The van der Waals surface area contributed by atoms with Crippen molar-refractivity contribution in [1.29, 1.82) is 0 Å². The molecule has 1 saturated carbocycles. The first-order chi connectivity index (χ1) is 6.03. The smallest absolute Gasteiger partial charge is 0.154 e. The molecule has 0 bridgehead atoms. The van der Waals surface area contributed by atoms with Crippen LogP contribution in [0.15, 0.2) is 0 Å². The van der Waals surface area contributed by atoms with Gasteiger partial charge in [-0.3, -0.25) is 0 Å². The molecule has 0 aromatic carbocycles. The summed E-state index contributed by atoms with van der Waals surface area (Å²) in [4.78, 5) is 0. The second-order valence-corrected chi connectivity index (χ2v) is 6.32. The maximum Gasteiger partial charge on any atom is 0.154 e. The summed E-state index contributed by atoms with van der Waals surface area (Å²) in [5, 5.41) is -0.315. The molecule has 4 heteroatoms. The first kappa shape index (κ1) is 11.0. The van der Waals surface area contributed by atoms with Crippen LogP contribution in [0.5, 0.6) is 0 Å². The number of hydrogen-bond acceptors (Lipinski definition) is 3. The van der Waals surface area contributed by atoms with Gasteiger partial charge in [0.15, 0.2) is 9.84 Å². The molecule has 1 aliphatic rings. The molecule has 78 valence electrons. The Morgan fingerprint density at radius 1 is 1.38 bits per heavy atom. The average molecular weight is 205 g/mol. The maximum absolute atomic E-state index is 11.6. The molecule has 0 saturated heterocycles. The van der Waals surface area contributed by atoms with Gasteiger partial charge in [-0.2, -0.15) is 0 Å². The Morgan fingerprint density at radius 2 is 1.92 bits per heavy atom. The van der Waals surface area contributed by atoms with Crippen LogP contribution in [0.1, 0.15) is 33.1 Å². The highest BCUT2D eigenvalue weighted by Gasteiger charge is 2.38. The van der Waals surface area contributed by atoms with Crippen molar-refractivity contribution in [2.75, 3.05) is 5.75 Å². The van der Waals surface area contributed by atoms with E-state index in [1.54, 1.807) is 6.92 Å². The number of rotatable bonds is 5. The molecule has 3 nitrogen and oxygen atoms in total. The fraction of sp³-hybridized carbons (Fsp3) is 1.00. The van der Waals surface area contributed by atoms with E-state index in [0.29, 0.717) is 12.3 Å². The summed E-state index contributed by atoms with van der Waals surface area (Å²) < 4.78 is 23.2. The van der Waals surface area contributed by atoms with Crippen LogP contribution in [-0.2, 0) is 9.84 Å². The summed E-state index contributed by atoms with van der Waals surface area (Å²) in [6.45, 7) is 3.59. The predicted molar refractivity (Wildman–Crippen MR) is 54.2 cm³/mol. The lowest BCUT2D eigenvalue weighted by molar-refractivity contribution is 0.509. The summed E-state index contributed by atoms with van der Waals surface area (Å²) in [7, 11) is -2.94. The lowest BCUT2D eigenvalue weighted by atomic mass is 10.1. The van der Waals surface area contributed by atoms with Gasteiger partial charge in [-0.05, 0) is 25.2 Å². The predicted octanol–water partition coefficient (Wildman–Crippen LogP) is 0.937. The van der Waals surface area contributed by atoms with Gasteiger partial charge in [0.25, 0.3) is 0 Å². The van der Waals surface area contributed by atoms with Crippen LogP contribution in [0.25, 0.3) is 0 Å². The van der Waals surface area contributed by atoms with Crippen molar-refractivity contribution in [2.24, 2.45) is 11.7 Å². The molecule has 0 radical (unpaired) electrons. The summed E-state index contributed by atoms with van der Waals surface area (Å²) in [6, 6.07) is -0.130. The third kappa shape index (κ3) is 2.44. The van der Waals surface area contributed by atoms with Crippen molar-refractivity contribution in [3.63, 3.8) is 0 Å². The fourth-order valence-corrected chi connectivity index (χ4v) is 3.40. The topological polar surface area (TPSA) is 60.2 Å². The lowest BCUT2D eigenvalue weighted by Gasteiger charge is -2.21. The molecule has 1 aliphatic carbocycles. The van der Waals surface area contributed by atoms with Crippen LogP contribution in [-0.4, -0.2) is 25.5 Å². The molecular weight excluding hydrogens is 186 g/mol. The summed E-state index contributed by atoms with van der Waals surface area (Å²) in [5.74, 6) is 0.678. The summed E-state index contributed by atoms with van der Waals surface area (Å²) in [6.07, 6.45) is 2.86. The Morgan fingerprint density at radius 3 is 2.23 bits per heavy atom. The molecule has 0 aliphatic heterocycles. The number of sulfone groups is 1. The first-order valence-corrected chi connectivity index (χ1v) is 6.71. The van der Waals surface area contributed by atoms with Gasteiger partial charge in [0.05, 0.1) is 5.25 Å². The minimum absolute atomic E-state index is 0.130. The van der Waals surface area contributed by atoms with Crippen molar-refractivity contribution < 1.29 is 8.42 Å². The highest BCUT2D eigenvalue weighted by molar-refractivity contribution is 7.92. The van der Waals surface area contributed by atoms with Crippen molar-refractivity contribution in [2.45, 2.75) is 44.4 Å². The molecule has 0 aromatic rings. The van der Waals surface area contributed by atoms with E-state index < -0.39 is 9.84 Å². The van der Waals surface area contributed by atoms with E-state index in [-0.39, 0.29) is 17.0 Å². The molecule has 2 unspecified atom stereocenters. The zero-order chi connectivity index (χ0) is 10.1. The summed E-state index contributed by atoms with van der Waals surface area (Å²) in [5.41, 5.74) is 5.92. The first-order valence-electron chi connectivity index (χ1n) is 5.00. The van der Waals surface area contributed by atoms with E-state index in [4.69, 9.17) is 5.73 Å². The van der Waals surface area contributed by atoms with Gasteiger partial charge in [0, 0.05) is 11.8 Å². The second-order valence-electron chi connectivity index (χ2n) is 3.81. The maximum atomic E-state index is 11.6. The lowest BCUT2D eigenvalue weighted by Crippen LogP contribution is -2.42. The molecular formula is C9H19NO2S. The largest absolute Gasteiger partial charge is 0.326 e. The monoisotopic (exact) mass is 205 g/mol. The minimum Gasteiger partial charge on any atom is -0.326 e. The van der Waals surface area contributed by atoms with Gasteiger partial charge in [-0.15, -0.1) is 0 Å². The van der Waals surface area contributed by atoms with Crippen LogP contribution < -0.4 is 5.73 Å². The summed E-state index contributed by atoms with van der Waals surface area (Å²) >= 11 is 0. The van der Waals surface area contributed by atoms with Crippen molar-refractivity contribution in [3.8, 4) is 0 Å². The van der Waals surface area contributed by atoms with Gasteiger partial charge in [-0.25, -0.2) is 8.42 Å². The Labute approximate surface area is 80.6 Å². The Hall–Kier alpha value is -0.0900. The van der Waals surface area contributed by atoms with E-state index in [1.807, 2.05) is 6.92 Å². The highest BCUT2D eigenvalue weighted by atomic mass is 32.2. The highest BCUT2D eigenvalue weighted by Crippen LogP contribution is 2.35. The van der Waals surface area contributed by atoms with E-state index in [0.717, 1.165) is 12.8 Å². The molecule has 0 amide bonds. The van der Waals surface area contributed by atoms with Crippen LogP contribution in [0.4, 0.5) is 0 Å². The zero-order valence-corrected chi connectivity index (χ0v) is 9.18. The molecule has 13 heavy (non-hydrogen) atoms. The molecule has 0 spiro atoms. The second kappa shape index (κ2) is 3.96. The Balaban J connectivity index is 2.71. The molecule has 0 heterocycles. The number of hydrogen-bond donors (Lipinski definition) is 1. The SMILES string of the molecule is CCC(C(N)C1CC1)S(=O)(=O)CC. The van der Waals surface area contributed by atoms with Crippen molar-refractivity contribution in [3.05, 3.63) is 0 Å². The van der Waals surface area contributed by atoms with Gasteiger partial charge in [0.2, 0.25) is 0 Å². The van der Waals surface area contributed by atoms with Crippen molar-refractivity contribution >= 4 is 9.84 Å². The number of nitrogens with two attached hydrogens (primary N) is 1. The zero-order valence-electron chi connectivity index (χ0n) is 8.36. The molecule has 1 rings (SSSR count). The Kier molecular flexibility index (Phi) is 3.35. The fourth-order valence-electron chi connectivity index (χ4n) is 1.76. The third-order valence-electron chi connectivity index (χ3n) is 2.86. The van der Waals surface area contributed by atoms with Gasteiger partial charge in [0.1, 0.15) is 0 Å². The van der Waals surface area contributed by atoms with E-state index in [1.165, 1.54) is 0 Å². The standard InChI is InChI=1S/C9H19NO2S/c1-3-8(13(11,12)4-2)9(10)7-5-6-7/h7-9H,3-6,10H2,1-2H3. The van der Waals surface area contributed by atoms with Gasteiger partial charge < -0.3 is 5.73 Å². The average Bonchev–Trinajstić information content (AvgIpc) is 2.87. The molecule has 2 atom stereocenters. The minimum atomic E-state index is -2.94. The quantitative estimate of drug-likeness (QED) is 0.726. The van der Waals surface area contributed by atoms with Crippen LogP contribution >= 0.6 is 0 Å². The van der Waals surface area contributed by atoms with E-state index in [9.17, 15) is 8.42 Å². The van der Waals surface area contributed by atoms with Crippen LogP contribution in [0, 0.1) is 5.92 Å². The van der Waals surface area contributed by atoms with Crippen LogP contribution in [0.2, 0.25) is 0 Å². The molecule has 2 N–H and O–H groups in total. The van der Waals surface area contributed by atoms with Crippen LogP contribution in [0.3, 0.4) is 0 Å². The van der Waals surface area contributed by atoms with E-state index in [2.05, 4.69) is 0 Å². The Bertz CT molecular complexity index is 257. The van der Waals surface area contributed by atoms with Crippen molar-refractivity contribution in [1.82, 2.24) is 0 Å². The molecule has 1 fully saturated rings. The molecule has 0 aromatic heterocycles. The van der Waals surface area contributed by atoms with Gasteiger partial charge >= 0.3 is 0 Å². The normalized spacial score (nSPS) is 22.7. The van der Waals surface area contributed by atoms with E-state index >= 15 is 0 Å². The third-order valence-corrected chi connectivity index (χ3v) is 5.24. The van der Waals surface area contributed by atoms with Gasteiger partial charge in [-0.1, -0.05) is 13.8 Å².